The fraction of sp³-hybridized carbons (Fsp3) is 0.360. The Hall–Kier alpha value is -2.80. The van der Waals surface area contributed by atoms with E-state index in [-0.39, 0.29) is 11.9 Å². The average Bonchev–Trinajstić information content (AvgIpc) is 3.37. The third-order valence-corrected chi connectivity index (χ3v) is 6.42. The van der Waals surface area contributed by atoms with Crippen molar-refractivity contribution in [1.82, 2.24) is 15.5 Å². The second-order valence-corrected chi connectivity index (χ2v) is 9.12. The minimum atomic E-state index is -0.873. The Morgan fingerprint density at radius 2 is 2.06 bits per heavy atom. The summed E-state index contributed by atoms with van der Waals surface area (Å²) < 4.78 is 26.9. The highest BCUT2D eigenvalue weighted by Crippen LogP contribution is 2.33. The molecule has 7 heteroatoms. The fourth-order valence-electron chi connectivity index (χ4n) is 3.74. The Bertz CT molecular complexity index is 1090. The van der Waals surface area contributed by atoms with E-state index >= 15 is 0 Å². The number of H-pyrrole nitrogens is 1. The molecule has 32 heavy (non-hydrogen) atoms. The van der Waals surface area contributed by atoms with E-state index < -0.39 is 11.6 Å². The van der Waals surface area contributed by atoms with Crippen LogP contribution in [0.2, 0.25) is 0 Å². The molecular weight excluding hydrogens is 428 g/mol. The normalized spacial score (nSPS) is 12.4. The molecule has 2 aromatic heterocycles. The number of nitrogens with zero attached hydrogens (tertiary/aromatic N) is 1. The van der Waals surface area contributed by atoms with Crippen LogP contribution in [0.5, 0.6) is 0 Å². The van der Waals surface area contributed by atoms with Crippen LogP contribution in [-0.4, -0.2) is 22.1 Å². The third-order valence-electron chi connectivity index (χ3n) is 5.37. The van der Waals surface area contributed by atoms with E-state index in [0.717, 1.165) is 47.0 Å². The number of halogens is 2. The van der Waals surface area contributed by atoms with Crippen LogP contribution in [0.3, 0.4) is 0 Å². The molecule has 0 aliphatic rings. The lowest BCUT2D eigenvalue weighted by Gasteiger charge is -2.18. The zero-order valence-corrected chi connectivity index (χ0v) is 19.5. The molecule has 2 heterocycles. The molecule has 0 aliphatic heterocycles. The molecule has 1 unspecified atom stereocenters. The summed E-state index contributed by atoms with van der Waals surface area (Å²) in [7, 11) is 0. The predicted octanol–water partition coefficient (Wildman–Crippen LogP) is 6.37. The quantitative estimate of drug-likeness (QED) is 0.347. The van der Waals surface area contributed by atoms with Gasteiger partial charge in [0.25, 0.3) is 5.91 Å². The standard InChI is InChI=1S/C25H29F2N3OS/c1-4-6-7-9-18(12-17-10-11-21(26)22(27)13-17)29-25(31)24-14-19(16(3)32-24)20-15-28-30-23(20)8-5-2/h4,6,10-11,13-15,18H,5,7-9,12H2,1-3H3,(H,28,30)(H,29,31). The lowest BCUT2D eigenvalue weighted by Crippen LogP contribution is -2.36. The second-order valence-electron chi connectivity index (χ2n) is 7.86. The number of rotatable bonds is 10. The summed E-state index contributed by atoms with van der Waals surface area (Å²) in [5.41, 5.74) is 3.78. The van der Waals surface area contributed by atoms with Gasteiger partial charge in [0.2, 0.25) is 0 Å². The maximum absolute atomic E-state index is 13.7. The van der Waals surface area contributed by atoms with Crippen LogP contribution < -0.4 is 5.32 Å². The first-order valence-electron chi connectivity index (χ1n) is 10.9. The van der Waals surface area contributed by atoms with E-state index in [0.29, 0.717) is 23.3 Å². The number of benzene rings is 1. The third kappa shape index (κ3) is 5.91. The molecule has 4 nitrogen and oxygen atoms in total. The van der Waals surface area contributed by atoms with E-state index in [2.05, 4.69) is 22.4 Å². The molecule has 170 valence electrons. The van der Waals surface area contributed by atoms with Gasteiger partial charge in [-0.1, -0.05) is 31.6 Å². The number of nitrogens with one attached hydrogen (secondary N) is 2. The molecule has 0 aliphatic carbocycles. The van der Waals surface area contributed by atoms with Crippen LogP contribution >= 0.6 is 11.3 Å². The minimum absolute atomic E-state index is 0.155. The number of allylic oxidation sites excluding steroid dienone is 2. The summed E-state index contributed by atoms with van der Waals surface area (Å²) in [6, 6.07) is 5.61. The number of carbonyl (C=O) groups excluding carboxylic acids is 1. The number of aromatic nitrogens is 2. The van der Waals surface area contributed by atoms with Crippen molar-refractivity contribution in [2.24, 2.45) is 0 Å². The molecule has 0 radical (unpaired) electrons. The first kappa shape index (κ1) is 23.9. The maximum atomic E-state index is 13.7. The van der Waals surface area contributed by atoms with Crippen LogP contribution in [0, 0.1) is 18.6 Å². The molecule has 0 saturated carbocycles. The van der Waals surface area contributed by atoms with Crippen molar-refractivity contribution in [1.29, 1.82) is 0 Å². The number of amides is 1. The van der Waals surface area contributed by atoms with Crippen LogP contribution in [0.25, 0.3) is 11.1 Å². The van der Waals surface area contributed by atoms with Crippen molar-refractivity contribution >= 4 is 17.2 Å². The predicted molar refractivity (Wildman–Crippen MR) is 126 cm³/mol. The monoisotopic (exact) mass is 457 g/mol. The van der Waals surface area contributed by atoms with Gasteiger partial charge in [-0.15, -0.1) is 11.3 Å². The molecule has 3 rings (SSSR count). The van der Waals surface area contributed by atoms with Gasteiger partial charge in [-0.2, -0.15) is 5.10 Å². The Labute approximate surface area is 191 Å². The number of aromatic amines is 1. The minimum Gasteiger partial charge on any atom is -0.348 e. The highest BCUT2D eigenvalue weighted by Gasteiger charge is 2.20. The average molecular weight is 458 g/mol. The SMILES string of the molecule is CC=CCCC(Cc1ccc(F)c(F)c1)NC(=O)c1cc(-c2cn[nH]c2CCC)c(C)s1. The zero-order chi connectivity index (χ0) is 23.1. The number of hydrogen-bond donors (Lipinski definition) is 2. The first-order chi connectivity index (χ1) is 15.4. The van der Waals surface area contributed by atoms with Gasteiger partial charge < -0.3 is 5.32 Å². The molecule has 1 amide bonds. The fourth-order valence-corrected chi connectivity index (χ4v) is 4.68. The number of hydrogen-bond acceptors (Lipinski definition) is 3. The molecule has 0 fully saturated rings. The summed E-state index contributed by atoms with van der Waals surface area (Å²) in [5, 5.41) is 10.3. The molecule has 0 spiro atoms. The second kappa shape index (κ2) is 11.2. The van der Waals surface area contributed by atoms with Gasteiger partial charge in [-0.25, -0.2) is 8.78 Å². The van der Waals surface area contributed by atoms with Crippen molar-refractivity contribution in [2.75, 3.05) is 0 Å². The topological polar surface area (TPSA) is 57.8 Å². The van der Waals surface area contributed by atoms with Gasteiger partial charge in [0.15, 0.2) is 11.6 Å². The van der Waals surface area contributed by atoms with Crippen LogP contribution in [0.4, 0.5) is 8.78 Å². The largest absolute Gasteiger partial charge is 0.348 e. The van der Waals surface area contributed by atoms with Gasteiger partial charge >= 0.3 is 0 Å². The molecule has 1 aromatic carbocycles. The Morgan fingerprint density at radius 3 is 2.78 bits per heavy atom. The molecule has 2 N–H and O–H groups in total. The molecular formula is C25H29F2N3OS. The van der Waals surface area contributed by atoms with Gasteiger partial charge in [0.05, 0.1) is 11.1 Å². The summed E-state index contributed by atoms with van der Waals surface area (Å²) in [6.45, 7) is 6.07. The lowest BCUT2D eigenvalue weighted by atomic mass is 10.0. The van der Waals surface area contributed by atoms with E-state index in [1.807, 2.05) is 38.3 Å². The molecule has 3 aromatic rings. The van der Waals surface area contributed by atoms with Crippen molar-refractivity contribution in [3.63, 3.8) is 0 Å². The van der Waals surface area contributed by atoms with Crippen molar-refractivity contribution < 1.29 is 13.6 Å². The summed E-state index contributed by atoms with van der Waals surface area (Å²) in [4.78, 5) is 14.8. The highest BCUT2D eigenvalue weighted by molar-refractivity contribution is 7.14. The number of aryl methyl sites for hydroxylation is 2. The van der Waals surface area contributed by atoms with Crippen molar-refractivity contribution in [3.8, 4) is 11.1 Å². The van der Waals surface area contributed by atoms with Gasteiger partial charge in [-0.05, 0) is 68.9 Å². The van der Waals surface area contributed by atoms with Crippen LogP contribution in [0.1, 0.15) is 58.9 Å². The van der Waals surface area contributed by atoms with E-state index in [1.54, 1.807) is 6.07 Å². The lowest BCUT2D eigenvalue weighted by molar-refractivity contribution is 0.0939. The maximum Gasteiger partial charge on any atom is 0.261 e. The van der Waals surface area contributed by atoms with Gasteiger partial charge in [0.1, 0.15) is 0 Å². The van der Waals surface area contributed by atoms with E-state index in [1.165, 1.54) is 17.4 Å². The Kier molecular flexibility index (Phi) is 8.33. The van der Waals surface area contributed by atoms with Gasteiger partial charge in [0, 0.05) is 22.2 Å². The summed E-state index contributed by atoms with van der Waals surface area (Å²) >= 11 is 1.45. The van der Waals surface area contributed by atoms with Crippen LogP contribution in [-0.2, 0) is 12.8 Å². The van der Waals surface area contributed by atoms with Crippen molar-refractivity contribution in [2.45, 2.75) is 58.9 Å². The highest BCUT2D eigenvalue weighted by atomic mass is 32.1. The first-order valence-corrected chi connectivity index (χ1v) is 11.7. The van der Waals surface area contributed by atoms with Gasteiger partial charge in [-0.3, -0.25) is 9.89 Å². The smallest absolute Gasteiger partial charge is 0.261 e. The Morgan fingerprint density at radius 1 is 1.25 bits per heavy atom. The molecule has 1 atom stereocenters. The summed E-state index contributed by atoms with van der Waals surface area (Å²) in [5.74, 6) is -1.90. The van der Waals surface area contributed by atoms with Crippen molar-refractivity contribution in [3.05, 3.63) is 75.3 Å². The van der Waals surface area contributed by atoms with Crippen LogP contribution in [0.15, 0.2) is 42.6 Å². The van der Waals surface area contributed by atoms with E-state index in [4.69, 9.17) is 0 Å². The zero-order valence-electron chi connectivity index (χ0n) is 18.7. The molecule has 0 saturated heterocycles. The Balaban J connectivity index is 1.77. The molecule has 0 bridgehead atoms. The van der Waals surface area contributed by atoms with E-state index in [9.17, 15) is 13.6 Å². The number of thiophene rings is 1. The number of carbonyl (C=O) groups is 1. The summed E-state index contributed by atoms with van der Waals surface area (Å²) in [6.07, 6.45) is 9.63.